The molecule has 0 saturated carbocycles. The van der Waals surface area contributed by atoms with E-state index in [2.05, 4.69) is 10.1 Å². The molecule has 0 aliphatic heterocycles. The highest BCUT2D eigenvalue weighted by molar-refractivity contribution is 6.34. The molecular weight excluding hydrogens is 356 g/mol. The first-order valence-corrected chi connectivity index (χ1v) is 8.24. The number of hydrogen-bond acceptors (Lipinski definition) is 4. The predicted molar refractivity (Wildman–Crippen MR) is 99.0 cm³/mol. The van der Waals surface area contributed by atoms with Crippen LogP contribution in [0.2, 0.25) is 5.02 Å². The quantitative estimate of drug-likeness (QED) is 0.622. The minimum absolute atomic E-state index is 0.248. The topological polar surface area (TPSA) is 75.7 Å². The Balaban J connectivity index is 1.97. The molecule has 136 valence electrons. The number of rotatable bonds is 6. The van der Waals surface area contributed by atoms with Gasteiger partial charge in [-0.1, -0.05) is 41.9 Å². The molecule has 2 aromatic carbocycles. The first kappa shape index (κ1) is 19.5. The Morgan fingerprint density at radius 2 is 1.81 bits per heavy atom. The highest BCUT2D eigenvalue weighted by Gasteiger charge is 2.16. The van der Waals surface area contributed by atoms with Crippen LogP contribution in [-0.2, 0) is 20.9 Å². The van der Waals surface area contributed by atoms with E-state index in [1.54, 1.807) is 7.05 Å². The molecule has 0 fully saturated rings. The fourth-order valence-corrected chi connectivity index (χ4v) is 2.44. The SMILES string of the molecule is COC(=O)c1ccc(Cl)c(NC(=O)CC(=O)N(C)Cc2ccccc2)c1. The second-order valence-electron chi connectivity index (χ2n) is 5.65. The number of esters is 1. The van der Waals surface area contributed by atoms with Crippen LogP contribution in [0.4, 0.5) is 5.69 Å². The van der Waals surface area contributed by atoms with Gasteiger partial charge in [-0.2, -0.15) is 0 Å². The molecule has 26 heavy (non-hydrogen) atoms. The Morgan fingerprint density at radius 1 is 1.12 bits per heavy atom. The lowest BCUT2D eigenvalue weighted by Crippen LogP contribution is -2.30. The van der Waals surface area contributed by atoms with Gasteiger partial charge in [-0.15, -0.1) is 0 Å². The summed E-state index contributed by atoms with van der Waals surface area (Å²) >= 11 is 6.03. The summed E-state index contributed by atoms with van der Waals surface area (Å²) < 4.78 is 4.63. The highest BCUT2D eigenvalue weighted by atomic mass is 35.5. The largest absolute Gasteiger partial charge is 0.465 e. The molecule has 0 bridgehead atoms. The van der Waals surface area contributed by atoms with Crippen LogP contribution in [-0.4, -0.2) is 36.8 Å². The Kier molecular flexibility index (Phi) is 6.74. The maximum atomic E-state index is 12.2. The lowest BCUT2D eigenvalue weighted by Gasteiger charge is -2.17. The van der Waals surface area contributed by atoms with Gasteiger partial charge in [0.1, 0.15) is 6.42 Å². The Morgan fingerprint density at radius 3 is 2.46 bits per heavy atom. The van der Waals surface area contributed by atoms with Crippen LogP contribution in [0.3, 0.4) is 0 Å². The number of halogens is 1. The zero-order valence-electron chi connectivity index (χ0n) is 14.5. The molecule has 0 spiro atoms. The maximum absolute atomic E-state index is 12.2. The second kappa shape index (κ2) is 9.01. The monoisotopic (exact) mass is 374 g/mol. The van der Waals surface area contributed by atoms with E-state index >= 15 is 0 Å². The molecule has 0 aliphatic rings. The molecule has 0 aliphatic carbocycles. The van der Waals surface area contributed by atoms with Crippen molar-refractivity contribution in [2.45, 2.75) is 13.0 Å². The molecule has 0 aromatic heterocycles. The molecule has 7 heteroatoms. The number of methoxy groups -OCH3 is 1. The van der Waals surface area contributed by atoms with E-state index in [9.17, 15) is 14.4 Å². The van der Waals surface area contributed by atoms with E-state index in [0.29, 0.717) is 6.54 Å². The number of benzene rings is 2. The molecule has 0 radical (unpaired) electrons. The van der Waals surface area contributed by atoms with Gasteiger partial charge in [-0.25, -0.2) is 4.79 Å². The Hall–Kier alpha value is -2.86. The number of ether oxygens (including phenoxy) is 1. The molecule has 2 rings (SSSR count). The molecule has 2 amide bonds. The van der Waals surface area contributed by atoms with Gasteiger partial charge in [0.15, 0.2) is 0 Å². The molecular formula is C19H19ClN2O4. The number of carbonyl (C=O) groups excluding carboxylic acids is 3. The molecule has 0 atom stereocenters. The van der Waals surface area contributed by atoms with Crippen molar-refractivity contribution in [3.05, 3.63) is 64.7 Å². The summed E-state index contributed by atoms with van der Waals surface area (Å²) in [5.41, 5.74) is 1.47. The van der Waals surface area contributed by atoms with Crippen LogP contribution in [0, 0.1) is 0 Å². The van der Waals surface area contributed by atoms with Gasteiger partial charge in [-0.3, -0.25) is 9.59 Å². The van der Waals surface area contributed by atoms with Crippen molar-refractivity contribution >= 4 is 35.1 Å². The summed E-state index contributed by atoms with van der Waals surface area (Å²) in [5, 5.41) is 2.81. The number of nitrogens with one attached hydrogen (secondary N) is 1. The third-order valence-corrected chi connectivity index (χ3v) is 3.99. The summed E-state index contributed by atoms with van der Waals surface area (Å²) in [5.74, 6) is -1.39. The van der Waals surface area contributed by atoms with Crippen LogP contribution in [0.5, 0.6) is 0 Å². The fraction of sp³-hybridized carbons (Fsp3) is 0.211. The zero-order valence-corrected chi connectivity index (χ0v) is 15.2. The number of amides is 2. The van der Waals surface area contributed by atoms with E-state index in [0.717, 1.165) is 5.56 Å². The third kappa shape index (κ3) is 5.32. The van der Waals surface area contributed by atoms with Crippen molar-refractivity contribution in [2.75, 3.05) is 19.5 Å². The molecule has 6 nitrogen and oxygen atoms in total. The van der Waals surface area contributed by atoms with Crippen LogP contribution in [0.15, 0.2) is 48.5 Å². The Bertz CT molecular complexity index is 808. The van der Waals surface area contributed by atoms with Crippen LogP contribution in [0.25, 0.3) is 0 Å². The summed E-state index contributed by atoms with van der Waals surface area (Å²) in [4.78, 5) is 37.4. The first-order valence-electron chi connectivity index (χ1n) is 7.86. The summed E-state index contributed by atoms with van der Waals surface area (Å²) in [7, 11) is 2.89. The lowest BCUT2D eigenvalue weighted by atomic mass is 10.2. The van der Waals surface area contributed by atoms with Crippen molar-refractivity contribution in [2.24, 2.45) is 0 Å². The molecule has 2 aromatic rings. The molecule has 0 heterocycles. The van der Waals surface area contributed by atoms with Gasteiger partial charge in [0, 0.05) is 13.6 Å². The average molecular weight is 375 g/mol. The van der Waals surface area contributed by atoms with Gasteiger partial charge in [0.2, 0.25) is 11.8 Å². The zero-order chi connectivity index (χ0) is 19.1. The summed E-state index contributed by atoms with van der Waals surface area (Å²) in [6.07, 6.45) is -0.331. The third-order valence-electron chi connectivity index (χ3n) is 3.66. The van der Waals surface area contributed by atoms with E-state index in [-0.39, 0.29) is 28.6 Å². The van der Waals surface area contributed by atoms with Gasteiger partial charge in [-0.05, 0) is 23.8 Å². The minimum Gasteiger partial charge on any atom is -0.465 e. The number of carbonyl (C=O) groups is 3. The lowest BCUT2D eigenvalue weighted by molar-refractivity contribution is -0.134. The van der Waals surface area contributed by atoms with Crippen molar-refractivity contribution in [1.82, 2.24) is 4.90 Å². The van der Waals surface area contributed by atoms with Crippen molar-refractivity contribution in [3.8, 4) is 0 Å². The smallest absolute Gasteiger partial charge is 0.337 e. The van der Waals surface area contributed by atoms with Gasteiger partial charge in [0.25, 0.3) is 0 Å². The van der Waals surface area contributed by atoms with Crippen molar-refractivity contribution in [1.29, 1.82) is 0 Å². The van der Waals surface area contributed by atoms with E-state index in [1.807, 2.05) is 30.3 Å². The standard InChI is InChI=1S/C19H19ClN2O4/c1-22(12-13-6-4-3-5-7-13)18(24)11-17(23)21-16-10-14(19(25)26-2)8-9-15(16)20/h3-10H,11-12H2,1-2H3,(H,21,23). The van der Waals surface area contributed by atoms with Gasteiger partial charge < -0.3 is 15.0 Å². The first-order chi connectivity index (χ1) is 12.4. The minimum atomic E-state index is -0.546. The average Bonchev–Trinajstić information content (AvgIpc) is 2.63. The number of hydrogen-bond donors (Lipinski definition) is 1. The van der Waals surface area contributed by atoms with E-state index < -0.39 is 11.9 Å². The second-order valence-corrected chi connectivity index (χ2v) is 6.05. The van der Waals surface area contributed by atoms with Crippen molar-refractivity contribution < 1.29 is 19.1 Å². The maximum Gasteiger partial charge on any atom is 0.337 e. The van der Waals surface area contributed by atoms with Crippen LogP contribution in [0.1, 0.15) is 22.3 Å². The normalized spacial score (nSPS) is 10.1. The van der Waals surface area contributed by atoms with Crippen LogP contribution >= 0.6 is 11.6 Å². The molecule has 0 unspecified atom stereocenters. The number of anilines is 1. The van der Waals surface area contributed by atoms with E-state index in [1.165, 1.54) is 30.2 Å². The number of nitrogens with zero attached hydrogens (tertiary/aromatic N) is 1. The van der Waals surface area contributed by atoms with Gasteiger partial charge >= 0.3 is 5.97 Å². The molecule has 0 saturated heterocycles. The molecule has 1 N–H and O–H groups in total. The summed E-state index contributed by atoms with van der Waals surface area (Å²) in [6.45, 7) is 0.408. The van der Waals surface area contributed by atoms with Crippen LogP contribution < -0.4 is 5.32 Å². The predicted octanol–water partition coefficient (Wildman–Crippen LogP) is 3.11. The van der Waals surface area contributed by atoms with Crippen molar-refractivity contribution in [3.63, 3.8) is 0 Å². The Labute approximate surface area is 156 Å². The fourth-order valence-electron chi connectivity index (χ4n) is 2.28. The summed E-state index contributed by atoms with van der Waals surface area (Å²) in [6, 6.07) is 13.8. The van der Waals surface area contributed by atoms with Gasteiger partial charge in [0.05, 0.1) is 23.4 Å². The van der Waals surface area contributed by atoms with E-state index in [4.69, 9.17) is 11.6 Å². The highest BCUT2D eigenvalue weighted by Crippen LogP contribution is 2.23.